The molecule has 26 heavy (non-hydrogen) atoms. The first-order chi connectivity index (χ1) is 12.5. The second-order valence-electron chi connectivity index (χ2n) is 5.68. The molecule has 136 valence electrons. The lowest BCUT2D eigenvalue weighted by atomic mass is 10.1. The van der Waals surface area contributed by atoms with E-state index in [1.54, 1.807) is 50.3 Å². The summed E-state index contributed by atoms with van der Waals surface area (Å²) in [5.41, 5.74) is 2.20. The van der Waals surface area contributed by atoms with Crippen molar-refractivity contribution in [1.29, 1.82) is 0 Å². The van der Waals surface area contributed by atoms with Gasteiger partial charge in [-0.05, 0) is 51.0 Å². The van der Waals surface area contributed by atoms with Gasteiger partial charge in [0.1, 0.15) is 5.76 Å². The third-order valence-corrected chi connectivity index (χ3v) is 3.85. The Labute approximate surface area is 153 Å². The largest absolute Gasteiger partial charge is 0.462 e. The van der Waals surface area contributed by atoms with Crippen molar-refractivity contribution in [3.63, 3.8) is 0 Å². The molecule has 1 N–H and O–H groups in total. The number of carbonyl (C=O) groups is 1. The van der Waals surface area contributed by atoms with E-state index in [2.05, 4.69) is 18.5 Å². The standard InChI is InChI=1S/C21H23NO4/c1-5-8-17-14(4)26-20(18(9-6-2)19(17)23)22-16-12-10-15(11-13-16)21(24)25-7-3/h5-6,10-13,22H,1-2,7-9H2,3-4H3. The first-order valence-corrected chi connectivity index (χ1v) is 8.43. The Bertz CT molecular complexity index is 863. The Hall–Kier alpha value is -3.08. The van der Waals surface area contributed by atoms with Gasteiger partial charge in [-0.15, -0.1) is 13.2 Å². The number of ether oxygens (including phenoxy) is 1. The normalized spacial score (nSPS) is 10.2. The van der Waals surface area contributed by atoms with Crippen LogP contribution in [0.1, 0.15) is 34.2 Å². The third kappa shape index (κ3) is 4.30. The van der Waals surface area contributed by atoms with Gasteiger partial charge in [0.25, 0.3) is 0 Å². The molecule has 0 aliphatic rings. The van der Waals surface area contributed by atoms with Crippen LogP contribution in [0, 0.1) is 6.92 Å². The van der Waals surface area contributed by atoms with Crippen LogP contribution in [0.15, 0.2) is 58.8 Å². The van der Waals surface area contributed by atoms with Crippen LogP contribution in [0.3, 0.4) is 0 Å². The highest BCUT2D eigenvalue weighted by Gasteiger charge is 2.16. The van der Waals surface area contributed by atoms with Gasteiger partial charge in [0.2, 0.25) is 5.88 Å². The summed E-state index contributed by atoms with van der Waals surface area (Å²) in [6.45, 7) is 11.2. The van der Waals surface area contributed by atoms with E-state index in [-0.39, 0.29) is 11.4 Å². The Morgan fingerprint density at radius 3 is 2.35 bits per heavy atom. The van der Waals surface area contributed by atoms with Crippen molar-refractivity contribution in [1.82, 2.24) is 0 Å². The number of aryl methyl sites for hydroxylation is 1. The fourth-order valence-electron chi connectivity index (χ4n) is 2.57. The van der Waals surface area contributed by atoms with Crippen LogP contribution in [0.2, 0.25) is 0 Å². The maximum Gasteiger partial charge on any atom is 0.338 e. The van der Waals surface area contributed by atoms with E-state index in [4.69, 9.17) is 9.15 Å². The summed E-state index contributed by atoms with van der Waals surface area (Å²) in [6.07, 6.45) is 4.18. The minimum atomic E-state index is -0.373. The van der Waals surface area contributed by atoms with E-state index in [0.717, 1.165) is 0 Å². The molecule has 0 atom stereocenters. The molecule has 1 heterocycles. The highest BCUT2D eigenvalue weighted by atomic mass is 16.5. The maximum absolute atomic E-state index is 12.7. The maximum atomic E-state index is 12.7. The van der Waals surface area contributed by atoms with Crippen LogP contribution in [-0.2, 0) is 17.6 Å². The molecule has 2 aromatic rings. The smallest absolute Gasteiger partial charge is 0.338 e. The van der Waals surface area contributed by atoms with Crippen molar-refractivity contribution in [2.45, 2.75) is 26.7 Å². The zero-order valence-electron chi connectivity index (χ0n) is 15.1. The first-order valence-electron chi connectivity index (χ1n) is 8.43. The second kappa shape index (κ2) is 8.85. The van der Waals surface area contributed by atoms with Crippen molar-refractivity contribution in [2.75, 3.05) is 11.9 Å². The van der Waals surface area contributed by atoms with Gasteiger partial charge in [0.05, 0.1) is 17.7 Å². The summed E-state index contributed by atoms with van der Waals surface area (Å²) in [6, 6.07) is 6.78. The fraction of sp³-hybridized carbons (Fsp3) is 0.238. The van der Waals surface area contributed by atoms with Gasteiger partial charge in [0, 0.05) is 11.3 Å². The lowest BCUT2D eigenvalue weighted by Crippen LogP contribution is -2.17. The monoisotopic (exact) mass is 353 g/mol. The predicted molar refractivity (Wildman–Crippen MR) is 103 cm³/mol. The Balaban J connectivity index is 2.36. The van der Waals surface area contributed by atoms with Crippen molar-refractivity contribution in [3.8, 4) is 0 Å². The Morgan fingerprint density at radius 2 is 1.77 bits per heavy atom. The molecule has 0 bridgehead atoms. The average molecular weight is 353 g/mol. The molecule has 0 saturated heterocycles. The van der Waals surface area contributed by atoms with Crippen LogP contribution in [0.4, 0.5) is 11.6 Å². The van der Waals surface area contributed by atoms with Crippen molar-refractivity contribution >= 4 is 17.5 Å². The second-order valence-corrected chi connectivity index (χ2v) is 5.68. The Kier molecular flexibility index (Phi) is 6.55. The topological polar surface area (TPSA) is 68.5 Å². The number of carbonyl (C=O) groups excluding carboxylic acids is 1. The molecule has 0 unspecified atom stereocenters. The van der Waals surface area contributed by atoms with Gasteiger partial charge in [-0.1, -0.05) is 12.2 Å². The lowest BCUT2D eigenvalue weighted by Gasteiger charge is -2.13. The molecule has 0 fully saturated rings. The molecule has 2 rings (SSSR count). The van der Waals surface area contributed by atoms with E-state index in [0.29, 0.717) is 53.5 Å². The molecule has 0 amide bonds. The number of esters is 1. The molecule has 0 aliphatic carbocycles. The highest BCUT2D eigenvalue weighted by molar-refractivity contribution is 5.89. The van der Waals surface area contributed by atoms with E-state index in [1.165, 1.54) is 0 Å². The molecule has 0 saturated carbocycles. The summed E-state index contributed by atoms with van der Waals surface area (Å²) in [5, 5.41) is 3.11. The SMILES string of the molecule is C=CCc1c(C)oc(Nc2ccc(C(=O)OCC)cc2)c(CC=C)c1=O. The number of nitrogens with one attached hydrogen (secondary N) is 1. The van der Waals surface area contributed by atoms with E-state index in [9.17, 15) is 9.59 Å². The summed E-state index contributed by atoms with van der Waals surface area (Å²) in [5.74, 6) is 0.556. The number of benzene rings is 1. The van der Waals surface area contributed by atoms with Gasteiger partial charge in [-0.2, -0.15) is 0 Å². The summed E-state index contributed by atoms with van der Waals surface area (Å²) in [4.78, 5) is 24.5. The van der Waals surface area contributed by atoms with E-state index < -0.39 is 0 Å². The minimum Gasteiger partial charge on any atom is -0.462 e. The summed E-state index contributed by atoms with van der Waals surface area (Å²) >= 11 is 0. The number of allylic oxidation sites excluding steroid dienone is 2. The van der Waals surface area contributed by atoms with Crippen LogP contribution >= 0.6 is 0 Å². The third-order valence-electron chi connectivity index (χ3n) is 3.85. The van der Waals surface area contributed by atoms with Crippen LogP contribution in [0.5, 0.6) is 0 Å². The summed E-state index contributed by atoms with van der Waals surface area (Å²) < 4.78 is 10.8. The zero-order chi connectivity index (χ0) is 19.1. The van der Waals surface area contributed by atoms with Crippen molar-refractivity contribution in [3.05, 3.63) is 82.2 Å². The molecule has 5 nitrogen and oxygen atoms in total. The molecule has 1 aromatic carbocycles. The number of rotatable bonds is 8. The molecular weight excluding hydrogens is 330 g/mol. The minimum absolute atomic E-state index is 0.0702. The zero-order valence-corrected chi connectivity index (χ0v) is 15.1. The predicted octanol–water partition coefficient (Wildman–Crippen LogP) is 4.33. The molecule has 0 radical (unpaired) electrons. The quantitative estimate of drug-likeness (QED) is 0.565. The van der Waals surface area contributed by atoms with Gasteiger partial charge < -0.3 is 14.5 Å². The molecular formula is C21H23NO4. The molecule has 5 heteroatoms. The molecule has 1 aromatic heterocycles. The first kappa shape index (κ1) is 19.2. The lowest BCUT2D eigenvalue weighted by molar-refractivity contribution is 0.0526. The number of anilines is 2. The molecule has 0 aliphatic heterocycles. The van der Waals surface area contributed by atoms with Gasteiger partial charge in [0.15, 0.2) is 5.43 Å². The Morgan fingerprint density at radius 1 is 1.15 bits per heavy atom. The van der Waals surface area contributed by atoms with Crippen LogP contribution in [-0.4, -0.2) is 12.6 Å². The van der Waals surface area contributed by atoms with Crippen molar-refractivity contribution < 1.29 is 13.9 Å². The van der Waals surface area contributed by atoms with Gasteiger partial charge >= 0.3 is 5.97 Å². The van der Waals surface area contributed by atoms with Gasteiger partial charge in [-0.25, -0.2) is 4.79 Å². The number of hydrogen-bond acceptors (Lipinski definition) is 5. The van der Waals surface area contributed by atoms with E-state index >= 15 is 0 Å². The summed E-state index contributed by atoms with van der Waals surface area (Å²) in [7, 11) is 0. The molecule has 0 spiro atoms. The van der Waals surface area contributed by atoms with Crippen LogP contribution in [0.25, 0.3) is 0 Å². The highest BCUT2D eigenvalue weighted by Crippen LogP contribution is 2.23. The van der Waals surface area contributed by atoms with E-state index in [1.807, 2.05) is 0 Å². The average Bonchev–Trinajstić information content (AvgIpc) is 2.63. The van der Waals surface area contributed by atoms with Gasteiger partial charge in [-0.3, -0.25) is 4.79 Å². The van der Waals surface area contributed by atoms with Crippen LogP contribution < -0.4 is 10.7 Å². The number of hydrogen-bond donors (Lipinski definition) is 1. The van der Waals surface area contributed by atoms with Crippen molar-refractivity contribution in [2.24, 2.45) is 0 Å². The fourth-order valence-corrected chi connectivity index (χ4v) is 2.57.